The first-order valence-corrected chi connectivity index (χ1v) is 6.34. The number of ether oxygens (including phenoxy) is 1. The van der Waals surface area contributed by atoms with Gasteiger partial charge in [-0.25, -0.2) is 4.79 Å². The summed E-state index contributed by atoms with van der Waals surface area (Å²) in [5, 5.41) is 27.2. The van der Waals surface area contributed by atoms with Crippen molar-refractivity contribution < 1.29 is 24.5 Å². The Balaban J connectivity index is 1.94. The van der Waals surface area contributed by atoms with Gasteiger partial charge < -0.3 is 19.8 Å². The summed E-state index contributed by atoms with van der Waals surface area (Å²) < 4.78 is 5.27. The molecule has 110 valence electrons. The zero-order chi connectivity index (χ0) is 15.4. The van der Waals surface area contributed by atoms with E-state index in [4.69, 9.17) is 15.1 Å². The lowest BCUT2D eigenvalue weighted by atomic mass is 10.2. The van der Waals surface area contributed by atoms with Crippen LogP contribution >= 0.6 is 0 Å². The fraction of sp³-hybridized carbons (Fsp3) is 0.357. The van der Waals surface area contributed by atoms with Crippen LogP contribution < -0.4 is 4.74 Å². The lowest BCUT2D eigenvalue weighted by Crippen LogP contribution is -2.42. The fourth-order valence-corrected chi connectivity index (χ4v) is 2.18. The molecule has 1 aliphatic heterocycles. The highest BCUT2D eigenvalue weighted by molar-refractivity contribution is 5.85. The average Bonchev–Trinajstić information content (AvgIpc) is 2.87. The number of carboxylic acids is 1. The molecule has 1 saturated heterocycles. The van der Waals surface area contributed by atoms with E-state index in [1.807, 2.05) is 6.07 Å². The van der Waals surface area contributed by atoms with Crippen molar-refractivity contribution >= 4 is 11.9 Å². The summed E-state index contributed by atoms with van der Waals surface area (Å²) >= 11 is 0. The number of aliphatic carboxylic acids is 1. The van der Waals surface area contributed by atoms with Crippen LogP contribution in [0.4, 0.5) is 0 Å². The number of amides is 1. The van der Waals surface area contributed by atoms with Crippen LogP contribution in [0.3, 0.4) is 0 Å². The Kier molecular flexibility index (Phi) is 4.40. The molecule has 21 heavy (non-hydrogen) atoms. The van der Waals surface area contributed by atoms with Crippen LogP contribution in [0.15, 0.2) is 24.3 Å². The van der Waals surface area contributed by atoms with Crippen molar-refractivity contribution in [3.63, 3.8) is 0 Å². The van der Waals surface area contributed by atoms with Crippen LogP contribution in [-0.4, -0.2) is 52.3 Å². The quantitative estimate of drug-likeness (QED) is 0.806. The highest BCUT2D eigenvalue weighted by Crippen LogP contribution is 2.19. The molecule has 2 N–H and O–H groups in total. The zero-order valence-corrected chi connectivity index (χ0v) is 11.1. The van der Waals surface area contributed by atoms with Crippen LogP contribution in [-0.2, 0) is 9.59 Å². The van der Waals surface area contributed by atoms with E-state index >= 15 is 0 Å². The summed E-state index contributed by atoms with van der Waals surface area (Å²) in [5.74, 6) is -1.23. The van der Waals surface area contributed by atoms with Gasteiger partial charge in [0.05, 0.1) is 17.7 Å². The van der Waals surface area contributed by atoms with Crippen LogP contribution in [0.25, 0.3) is 0 Å². The van der Waals surface area contributed by atoms with Gasteiger partial charge in [0.2, 0.25) is 0 Å². The summed E-state index contributed by atoms with van der Waals surface area (Å²) in [6, 6.07) is 7.17. The number of carboxylic acid groups (broad SMARTS) is 1. The monoisotopic (exact) mass is 290 g/mol. The van der Waals surface area contributed by atoms with Crippen molar-refractivity contribution in [2.24, 2.45) is 0 Å². The van der Waals surface area contributed by atoms with Crippen molar-refractivity contribution in [2.75, 3.05) is 13.2 Å². The van der Waals surface area contributed by atoms with Crippen molar-refractivity contribution in [1.82, 2.24) is 4.90 Å². The predicted molar refractivity (Wildman–Crippen MR) is 70.4 cm³/mol. The normalized spacial score (nSPS) is 20.9. The molecule has 1 amide bonds. The number of carbonyl (C=O) groups is 2. The number of carbonyl (C=O) groups excluding carboxylic acids is 1. The molecule has 7 nitrogen and oxygen atoms in total. The number of rotatable bonds is 4. The highest BCUT2D eigenvalue weighted by Gasteiger charge is 2.38. The maximum atomic E-state index is 12.0. The van der Waals surface area contributed by atoms with E-state index in [-0.39, 0.29) is 19.6 Å². The molecule has 0 aliphatic carbocycles. The van der Waals surface area contributed by atoms with E-state index in [0.29, 0.717) is 11.3 Å². The highest BCUT2D eigenvalue weighted by atomic mass is 16.5. The molecular weight excluding hydrogens is 276 g/mol. The molecule has 0 saturated carbocycles. The SMILES string of the molecule is N#Cc1ccc(OCC(=O)N2C[C@H](O)C[C@@H]2C(=O)O)cc1. The molecule has 0 radical (unpaired) electrons. The van der Waals surface area contributed by atoms with Gasteiger partial charge in [-0.3, -0.25) is 4.79 Å². The molecular formula is C14H14N2O5. The first kappa shape index (κ1) is 14.8. The Labute approximate surface area is 121 Å². The van der Waals surface area contributed by atoms with E-state index < -0.39 is 24.0 Å². The van der Waals surface area contributed by atoms with Crippen LogP contribution in [0.1, 0.15) is 12.0 Å². The smallest absolute Gasteiger partial charge is 0.326 e. The Morgan fingerprint density at radius 2 is 2.05 bits per heavy atom. The first-order chi connectivity index (χ1) is 10.0. The van der Waals surface area contributed by atoms with Gasteiger partial charge in [0.1, 0.15) is 11.8 Å². The number of benzene rings is 1. The van der Waals surface area contributed by atoms with Gasteiger partial charge >= 0.3 is 5.97 Å². The van der Waals surface area contributed by atoms with Gasteiger partial charge in [-0.15, -0.1) is 0 Å². The third kappa shape index (κ3) is 3.49. The Hall–Kier alpha value is -2.59. The summed E-state index contributed by atoms with van der Waals surface area (Å²) in [7, 11) is 0. The fourth-order valence-electron chi connectivity index (χ4n) is 2.18. The maximum Gasteiger partial charge on any atom is 0.326 e. The summed E-state index contributed by atoms with van der Waals surface area (Å²) in [6.07, 6.45) is -0.803. The third-order valence-corrected chi connectivity index (χ3v) is 3.23. The second kappa shape index (κ2) is 6.24. The predicted octanol–water partition coefficient (Wildman–Crippen LogP) is -0.0165. The molecule has 1 aromatic carbocycles. The van der Waals surface area contributed by atoms with Crippen LogP contribution in [0.5, 0.6) is 5.75 Å². The molecule has 1 heterocycles. The second-order valence-electron chi connectivity index (χ2n) is 4.71. The Morgan fingerprint density at radius 3 is 2.62 bits per heavy atom. The third-order valence-electron chi connectivity index (χ3n) is 3.23. The molecule has 0 aromatic heterocycles. The van der Waals surface area contributed by atoms with Crippen molar-refractivity contribution in [3.05, 3.63) is 29.8 Å². The lowest BCUT2D eigenvalue weighted by molar-refractivity contribution is -0.148. The Morgan fingerprint density at radius 1 is 1.38 bits per heavy atom. The maximum absolute atomic E-state index is 12.0. The second-order valence-corrected chi connectivity index (χ2v) is 4.71. The molecule has 2 atom stereocenters. The van der Waals surface area contributed by atoms with Crippen LogP contribution in [0, 0.1) is 11.3 Å². The minimum atomic E-state index is -1.14. The number of nitriles is 1. The van der Waals surface area contributed by atoms with E-state index in [9.17, 15) is 14.7 Å². The molecule has 1 aromatic rings. The van der Waals surface area contributed by atoms with Crippen molar-refractivity contribution in [2.45, 2.75) is 18.6 Å². The molecule has 0 unspecified atom stereocenters. The summed E-state index contributed by atoms with van der Waals surface area (Å²) in [6.45, 7) is -0.324. The standard InChI is InChI=1S/C14H14N2O5/c15-6-9-1-3-11(4-2-9)21-8-13(18)16-7-10(17)5-12(16)14(19)20/h1-4,10,12,17H,5,7-8H2,(H,19,20)/t10-,12-/m1/s1. The van der Waals surface area contributed by atoms with E-state index in [1.54, 1.807) is 24.3 Å². The largest absolute Gasteiger partial charge is 0.484 e. The number of hydrogen-bond acceptors (Lipinski definition) is 5. The summed E-state index contributed by atoms with van der Waals surface area (Å²) in [4.78, 5) is 24.1. The van der Waals surface area contributed by atoms with E-state index in [0.717, 1.165) is 4.90 Å². The van der Waals surface area contributed by atoms with Crippen LogP contribution in [0.2, 0.25) is 0 Å². The molecule has 2 rings (SSSR count). The molecule has 7 heteroatoms. The molecule has 0 spiro atoms. The van der Waals surface area contributed by atoms with Gasteiger partial charge in [-0.1, -0.05) is 0 Å². The van der Waals surface area contributed by atoms with Gasteiger partial charge in [0.25, 0.3) is 5.91 Å². The van der Waals surface area contributed by atoms with Gasteiger partial charge in [0.15, 0.2) is 6.61 Å². The van der Waals surface area contributed by atoms with E-state index in [2.05, 4.69) is 0 Å². The van der Waals surface area contributed by atoms with E-state index in [1.165, 1.54) is 0 Å². The summed E-state index contributed by atoms with van der Waals surface area (Å²) in [5.41, 5.74) is 0.474. The molecule has 0 bridgehead atoms. The minimum Gasteiger partial charge on any atom is -0.484 e. The number of aliphatic hydroxyl groups excluding tert-OH is 1. The molecule has 1 aliphatic rings. The lowest BCUT2D eigenvalue weighted by Gasteiger charge is -2.21. The van der Waals surface area contributed by atoms with Gasteiger partial charge in [0, 0.05) is 13.0 Å². The van der Waals surface area contributed by atoms with Gasteiger partial charge in [-0.05, 0) is 24.3 Å². The number of aliphatic hydroxyl groups is 1. The Bertz CT molecular complexity index is 578. The number of β-amino-alcohol motifs (C(OH)–C–C–N with tert-alkyl or cyclic N) is 1. The molecule has 1 fully saturated rings. The zero-order valence-electron chi connectivity index (χ0n) is 11.1. The number of nitrogens with zero attached hydrogens (tertiary/aromatic N) is 2. The average molecular weight is 290 g/mol. The number of likely N-dealkylation sites (tertiary alicyclic amines) is 1. The van der Waals surface area contributed by atoms with Crippen molar-refractivity contribution in [3.8, 4) is 11.8 Å². The first-order valence-electron chi connectivity index (χ1n) is 6.34. The number of hydrogen-bond donors (Lipinski definition) is 2. The minimum absolute atomic E-state index is 0.00741. The van der Waals surface area contributed by atoms with Crippen molar-refractivity contribution in [1.29, 1.82) is 5.26 Å². The van der Waals surface area contributed by atoms with Gasteiger partial charge in [-0.2, -0.15) is 5.26 Å². The topological polar surface area (TPSA) is 111 Å².